The van der Waals surface area contributed by atoms with Crippen LogP contribution in [0.4, 0.5) is 4.39 Å². The Morgan fingerprint density at radius 2 is 1.78 bits per heavy atom. The molecule has 2 rings (SSSR count). The third-order valence-corrected chi connectivity index (χ3v) is 4.16. The van der Waals surface area contributed by atoms with Crippen molar-refractivity contribution in [2.24, 2.45) is 4.99 Å². The summed E-state index contributed by atoms with van der Waals surface area (Å²) in [6, 6.07) is 14.2. The van der Waals surface area contributed by atoms with Crippen molar-refractivity contribution in [2.45, 2.75) is 13.0 Å². The summed E-state index contributed by atoms with van der Waals surface area (Å²) < 4.78 is 13.3. The van der Waals surface area contributed by atoms with Gasteiger partial charge in [0.2, 0.25) is 0 Å². The standard InChI is InChI=1S/C21H27FN4O/c1-23-21(26(4)15-17-8-6-10-19(22)14-17)24-12-11-16-7-5-9-18(13-16)20(27)25(2)3/h5-10,13-14H,11-12,15H2,1-4H3,(H,23,24). The number of rotatable bonds is 6. The molecule has 0 fully saturated rings. The highest BCUT2D eigenvalue weighted by Gasteiger charge is 2.09. The molecule has 0 saturated heterocycles. The molecule has 2 aromatic rings. The maximum atomic E-state index is 13.3. The Balaban J connectivity index is 1.91. The highest BCUT2D eigenvalue weighted by atomic mass is 19.1. The van der Waals surface area contributed by atoms with Crippen molar-refractivity contribution in [3.05, 3.63) is 71.0 Å². The molecule has 0 radical (unpaired) electrons. The first-order chi connectivity index (χ1) is 12.9. The molecule has 1 amide bonds. The lowest BCUT2D eigenvalue weighted by atomic mass is 10.1. The summed E-state index contributed by atoms with van der Waals surface area (Å²) >= 11 is 0. The number of nitrogens with one attached hydrogen (secondary N) is 1. The monoisotopic (exact) mass is 370 g/mol. The largest absolute Gasteiger partial charge is 0.356 e. The Bertz CT molecular complexity index is 804. The van der Waals surface area contributed by atoms with Crippen LogP contribution in [0.1, 0.15) is 21.5 Å². The van der Waals surface area contributed by atoms with Crippen LogP contribution in [0.5, 0.6) is 0 Å². The van der Waals surface area contributed by atoms with Gasteiger partial charge in [-0.15, -0.1) is 0 Å². The smallest absolute Gasteiger partial charge is 0.253 e. The first kappa shape index (κ1) is 20.4. The first-order valence-electron chi connectivity index (χ1n) is 8.87. The van der Waals surface area contributed by atoms with Gasteiger partial charge < -0.3 is 15.1 Å². The molecular weight excluding hydrogens is 343 g/mol. The zero-order valence-electron chi connectivity index (χ0n) is 16.4. The molecule has 5 nitrogen and oxygen atoms in total. The minimum Gasteiger partial charge on any atom is -0.356 e. The number of aliphatic imine (C=N–C) groups is 1. The van der Waals surface area contributed by atoms with Gasteiger partial charge in [0.1, 0.15) is 5.82 Å². The molecule has 0 atom stereocenters. The van der Waals surface area contributed by atoms with E-state index in [2.05, 4.69) is 10.3 Å². The van der Waals surface area contributed by atoms with Crippen molar-refractivity contribution in [1.82, 2.24) is 15.1 Å². The number of hydrogen-bond acceptors (Lipinski definition) is 2. The summed E-state index contributed by atoms with van der Waals surface area (Å²) in [4.78, 5) is 19.9. The number of carbonyl (C=O) groups is 1. The number of guanidine groups is 1. The van der Waals surface area contributed by atoms with Gasteiger partial charge in [0, 0.05) is 46.8 Å². The summed E-state index contributed by atoms with van der Waals surface area (Å²) in [6.07, 6.45) is 0.765. The van der Waals surface area contributed by atoms with E-state index in [0.717, 1.165) is 23.5 Å². The zero-order valence-corrected chi connectivity index (χ0v) is 16.4. The Kier molecular flexibility index (Phi) is 7.34. The maximum absolute atomic E-state index is 13.3. The Hall–Kier alpha value is -2.89. The highest BCUT2D eigenvalue weighted by molar-refractivity contribution is 5.94. The van der Waals surface area contributed by atoms with E-state index in [1.165, 1.54) is 12.1 Å². The minimum atomic E-state index is -0.240. The Morgan fingerprint density at radius 1 is 1.07 bits per heavy atom. The molecule has 0 saturated carbocycles. The van der Waals surface area contributed by atoms with Crippen LogP contribution < -0.4 is 5.32 Å². The minimum absolute atomic E-state index is 0.00422. The van der Waals surface area contributed by atoms with Crippen LogP contribution in [-0.4, -0.2) is 56.4 Å². The molecule has 0 bridgehead atoms. The average Bonchev–Trinajstić information content (AvgIpc) is 2.64. The molecule has 6 heteroatoms. The summed E-state index contributed by atoms with van der Waals surface area (Å²) in [5.41, 5.74) is 2.65. The van der Waals surface area contributed by atoms with Crippen molar-refractivity contribution in [1.29, 1.82) is 0 Å². The van der Waals surface area contributed by atoms with Crippen molar-refractivity contribution in [3.63, 3.8) is 0 Å². The number of halogens is 1. The lowest BCUT2D eigenvalue weighted by molar-refractivity contribution is 0.0827. The number of amides is 1. The van der Waals surface area contributed by atoms with Crippen LogP contribution in [0.2, 0.25) is 0 Å². The predicted molar refractivity (Wildman–Crippen MR) is 107 cm³/mol. The lowest BCUT2D eigenvalue weighted by Gasteiger charge is -2.22. The zero-order chi connectivity index (χ0) is 19.8. The van der Waals surface area contributed by atoms with Gasteiger partial charge in [-0.05, 0) is 41.8 Å². The number of benzene rings is 2. The number of nitrogens with zero attached hydrogens (tertiary/aromatic N) is 3. The van der Waals surface area contributed by atoms with E-state index < -0.39 is 0 Å². The molecule has 0 aromatic heterocycles. The van der Waals surface area contributed by atoms with E-state index in [1.807, 2.05) is 42.3 Å². The summed E-state index contributed by atoms with van der Waals surface area (Å²) in [5.74, 6) is 0.492. The van der Waals surface area contributed by atoms with Crippen LogP contribution in [0, 0.1) is 5.82 Å². The molecule has 0 heterocycles. The van der Waals surface area contributed by atoms with Gasteiger partial charge in [0.15, 0.2) is 5.96 Å². The van der Waals surface area contributed by atoms with Gasteiger partial charge in [-0.2, -0.15) is 0 Å². The normalized spacial score (nSPS) is 11.2. The lowest BCUT2D eigenvalue weighted by Crippen LogP contribution is -2.39. The average molecular weight is 370 g/mol. The van der Waals surface area contributed by atoms with Gasteiger partial charge in [-0.25, -0.2) is 4.39 Å². The van der Waals surface area contributed by atoms with Crippen LogP contribution in [0.15, 0.2) is 53.5 Å². The maximum Gasteiger partial charge on any atom is 0.253 e. The van der Waals surface area contributed by atoms with E-state index in [0.29, 0.717) is 18.7 Å². The van der Waals surface area contributed by atoms with E-state index >= 15 is 0 Å². The molecule has 0 aliphatic carbocycles. The van der Waals surface area contributed by atoms with E-state index in [1.54, 1.807) is 32.1 Å². The van der Waals surface area contributed by atoms with E-state index in [9.17, 15) is 9.18 Å². The fourth-order valence-corrected chi connectivity index (χ4v) is 2.81. The van der Waals surface area contributed by atoms with Gasteiger partial charge >= 0.3 is 0 Å². The number of carbonyl (C=O) groups excluding carboxylic acids is 1. The van der Waals surface area contributed by atoms with Gasteiger partial charge in [-0.1, -0.05) is 24.3 Å². The Morgan fingerprint density at radius 3 is 2.44 bits per heavy atom. The molecule has 2 aromatic carbocycles. The third kappa shape index (κ3) is 6.09. The molecule has 0 unspecified atom stereocenters. The summed E-state index contributed by atoms with van der Waals surface area (Å²) in [7, 11) is 7.13. The van der Waals surface area contributed by atoms with Crippen LogP contribution in [0.3, 0.4) is 0 Å². The first-order valence-corrected chi connectivity index (χ1v) is 8.87. The van der Waals surface area contributed by atoms with Crippen molar-refractivity contribution in [2.75, 3.05) is 34.7 Å². The highest BCUT2D eigenvalue weighted by Crippen LogP contribution is 2.09. The van der Waals surface area contributed by atoms with Gasteiger partial charge in [-0.3, -0.25) is 9.79 Å². The van der Waals surface area contributed by atoms with Gasteiger partial charge in [0.05, 0.1) is 0 Å². The second kappa shape index (κ2) is 9.71. The quantitative estimate of drug-likeness (QED) is 0.628. The van der Waals surface area contributed by atoms with E-state index in [4.69, 9.17) is 0 Å². The van der Waals surface area contributed by atoms with Crippen LogP contribution in [0.25, 0.3) is 0 Å². The van der Waals surface area contributed by atoms with Crippen LogP contribution in [-0.2, 0) is 13.0 Å². The van der Waals surface area contributed by atoms with Crippen molar-refractivity contribution < 1.29 is 9.18 Å². The predicted octanol–water partition coefficient (Wildman–Crippen LogP) is 2.78. The van der Waals surface area contributed by atoms with Crippen molar-refractivity contribution >= 4 is 11.9 Å². The third-order valence-electron chi connectivity index (χ3n) is 4.16. The molecule has 0 spiro atoms. The van der Waals surface area contributed by atoms with Gasteiger partial charge in [0.25, 0.3) is 5.91 Å². The summed E-state index contributed by atoms with van der Waals surface area (Å²) in [6.45, 7) is 1.24. The number of hydrogen-bond donors (Lipinski definition) is 1. The second-order valence-corrected chi connectivity index (χ2v) is 6.61. The summed E-state index contributed by atoms with van der Waals surface area (Å²) in [5, 5.41) is 3.31. The molecule has 144 valence electrons. The second-order valence-electron chi connectivity index (χ2n) is 6.61. The topological polar surface area (TPSA) is 47.9 Å². The molecule has 0 aliphatic heterocycles. The van der Waals surface area contributed by atoms with E-state index in [-0.39, 0.29) is 11.7 Å². The molecule has 1 N–H and O–H groups in total. The fourth-order valence-electron chi connectivity index (χ4n) is 2.81. The molecule has 0 aliphatic rings. The molecule has 27 heavy (non-hydrogen) atoms. The van der Waals surface area contributed by atoms with Crippen LogP contribution >= 0.6 is 0 Å². The Labute approximate surface area is 160 Å². The SMILES string of the molecule is CN=C(NCCc1cccc(C(=O)N(C)C)c1)N(C)Cc1cccc(F)c1. The van der Waals surface area contributed by atoms with Crippen molar-refractivity contribution in [3.8, 4) is 0 Å². The fraction of sp³-hybridized carbons (Fsp3) is 0.333. The molecular formula is C21H27FN4O.